The molecule has 2 aromatic heterocycles. The Balaban J connectivity index is 0.000000629. The number of ether oxygens (including phenoxy) is 1. The lowest BCUT2D eigenvalue weighted by molar-refractivity contribution is -0.192. The molecule has 4 aliphatic heterocycles. The fourth-order valence-corrected chi connectivity index (χ4v) is 9.07. The highest BCUT2D eigenvalue weighted by Gasteiger charge is 2.49. The number of piperidine rings is 3. The van der Waals surface area contributed by atoms with Crippen LogP contribution in [0.25, 0.3) is 5.65 Å². The number of carboxylic acid groups (broad SMARTS) is 1. The quantitative estimate of drug-likeness (QED) is 0.237. The number of nitrogens with zero attached hydrogens (tertiary/aromatic N) is 6. The van der Waals surface area contributed by atoms with Gasteiger partial charge >= 0.3 is 12.1 Å². The number of aliphatic carboxylic acids is 1. The van der Waals surface area contributed by atoms with Crippen molar-refractivity contribution in [3.8, 4) is 0 Å². The number of likely N-dealkylation sites (tertiary alicyclic amines) is 2. The number of nitrogens with one attached hydrogen (secondary N) is 3. The van der Waals surface area contributed by atoms with Gasteiger partial charge in [-0.25, -0.2) is 23.1 Å². The highest BCUT2D eigenvalue weighted by Crippen LogP contribution is 2.43. The summed E-state index contributed by atoms with van der Waals surface area (Å²) >= 11 is 0. The Morgan fingerprint density at radius 3 is 2.41 bits per heavy atom. The third kappa shape index (κ3) is 8.15. The van der Waals surface area contributed by atoms with Gasteiger partial charge < -0.3 is 30.7 Å². The zero-order chi connectivity index (χ0) is 39.8. The van der Waals surface area contributed by atoms with Crippen LogP contribution in [0.15, 0.2) is 30.5 Å². The molecule has 4 fully saturated rings. The lowest BCUT2D eigenvalue weighted by atomic mass is 9.71. The van der Waals surface area contributed by atoms with Crippen molar-refractivity contribution in [1.82, 2.24) is 35.0 Å². The van der Waals surface area contributed by atoms with Gasteiger partial charge in [0.05, 0.1) is 36.6 Å². The molecule has 1 amide bonds. The van der Waals surface area contributed by atoms with Gasteiger partial charge in [0.1, 0.15) is 0 Å². The van der Waals surface area contributed by atoms with Crippen molar-refractivity contribution in [3.05, 3.63) is 47.3 Å². The number of rotatable bonds is 8. The van der Waals surface area contributed by atoms with E-state index in [-0.39, 0.29) is 24.6 Å². The third-order valence-corrected chi connectivity index (χ3v) is 12.4. The molecule has 56 heavy (non-hydrogen) atoms. The molecule has 18 heteroatoms. The van der Waals surface area contributed by atoms with E-state index in [1.54, 1.807) is 17.8 Å². The third-order valence-electron chi connectivity index (χ3n) is 12.4. The van der Waals surface area contributed by atoms with Crippen LogP contribution in [-0.4, -0.2) is 132 Å². The molecule has 1 saturated carbocycles. The van der Waals surface area contributed by atoms with Gasteiger partial charge in [0.15, 0.2) is 17.2 Å². The maximum Gasteiger partial charge on any atom is 0.490 e. The Bertz CT molecular complexity index is 1890. The molecule has 306 valence electrons. The topological polar surface area (TPSA) is 140 Å². The summed E-state index contributed by atoms with van der Waals surface area (Å²) < 4.78 is 70.5. The highest BCUT2D eigenvalue weighted by atomic mass is 19.4. The van der Waals surface area contributed by atoms with E-state index in [0.717, 1.165) is 75.2 Å². The van der Waals surface area contributed by atoms with Gasteiger partial charge in [-0.2, -0.15) is 13.2 Å². The number of hydrogen-bond acceptors (Lipinski definition) is 10. The van der Waals surface area contributed by atoms with E-state index in [1.165, 1.54) is 18.4 Å². The molecule has 3 saturated heterocycles. The number of imidazole rings is 1. The van der Waals surface area contributed by atoms with Gasteiger partial charge in [0.2, 0.25) is 0 Å². The molecule has 1 aliphatic carbocycles. The van der Waals surface area contributed by atoms with Gasteiger partial charge in [-0.3, -0.25) is 14.6 Å². The minimum absolute atomic E-state index is 0.0223. The minimum atomic E-state index is -5.08. The molecule has 1 aromatic carbocycles. The Labute approximate surface area is 321 Å². The first-order valence-electron chi connectivity index (χ1n) is 19.4. The van der Waals surface area contributed by atoms with Crippen LogP contribution in [0.5, 0.6) is 0 Å². The van der Waals surface area contributed by atoms with Crippen molar-refractivity contribution >= 4 is 34.7 Å². The van der Waals surface area contributed by atoms with Gasteiger partial charge in [-0.05, 0) is 100 Å². The Kier molecular flexibility index (Phi) is 11.5. The number of alkyl halides is 5. The van der Waals surface area contributed by atoms with E-state index in [9.17, 15) is 18.0 Å². The number of carboxylic acids is 1. The summed E-state index contributed by atoms with van der Waals surface area (Å²) in [6, 6.07) is 7.43. The highest BCUT2D eigenvalue weighted by molar-refractivity contribution is 5.94. The number of amides is 1. The fourth-order valence-electron chi connectivity index (χ4n) is 9.07. The van der Waals surface area contributed by atoms with Crippen LogP contribution in [0, 0.1) is 5.41 Å². The van der Waals surface area contributed by atoms with Crippen molar-refractivity contribution in [2.75, 3.05) is 70.2 Å². The van der Waals surface area contributed by atoms with Gasteiger partial charge in [-0.15, -0.1) is 5.10 Å². The maximum absolute atomic E-state index is 15.8. The molecule has 1 spiro atoms. The molecule has 0 radical (unpaired) electrons. The summed E-state index contributed by atoms with van der Waals surface area (Å²) in [6.45, 7) is 5.34. The molecular formula is C38H50F5N9O4. The second-order valence-corrected chi connectivity index (χ2v) is 15.7. The van der Waals surface area contributed by atoms with E-state index in [1.807, 2.05) is 24.1 Å². The van der Waals surface area contributed by atoms with Crippen molar-refractivity contribution in [2.24, 2.45) is 5.41 Å². The first-order valence-corrected chi connectivity index (χ1v) is 19.4. The van der Waals surface area contributed by atoms with Crippen LogP contribution < -0.4 is 20.9 Å². The van der Waals surface area contributed by atoms with E-state index in [2.05, 4.69) is 42.9 Å². The summed E-state index contributed by atoms with van der Waals surface area (Å²) in [5, 5.41) is 21.8. The summed E-state index contributed by atoms with van der Waals surface area (Å²) in [4.78, 5) is 32.9. The lowest BCUT2D eigenvalue weighted by Crippen LogP contribution is -2.60. The normalized spacial score (nSPS) is 24.9. The SMILES string of the molecule is CNc1cc(N2CCc3c(CN4CCC(N5CCC6(CCNCC6)CC5)C(F)(F)C4)cccc32)nn2c(C(=O)N[C@@H]3CC[C@H]3OC)cnc12.O=C(O)C(F)(F)F. The van der Waals surface area contributed by atoms with Crippen molar-refractivity contribution in [1.29, 1.82) is 0 Å². The number of carbonyl (C=O) groups excluding carboxylic acids is 1. The largest absolute Gasteiger partial charge is 0.490 e. The van der Waals surface area contributed by atoms with Crippen molar-refractivity contribution in [2.45, 2.75) is 88.2 Å². The molecule has 5 aliphatic rings. The van der Waals surface area contributed by atoms with Crippen LogP contribution in [0.1, 0.15) is 66.6 Å². The molecule has 6 heterocycles. The maximum atomic E-state index is 15.8. The summed E-state index contributed by atoms with van der Waals surface area (Å²) in [5.74, 6) is -5.05. The van der Waals surface area contributed by atoms with E-state index in [4.69, 9.17) is 19.7 Å². The fraction of sp³-hybridized carbons (Fsp3) is 0.632. The van der Waals surface area contributed by atoms with Crippen LogP contribution in [-0.2, 0) is 22.5 Å². The number of halogens is 5. The first-order chi connectivity index (χ1) is 26.7. The number of carbonyl (C=O) groups is 2. The average molecular weight is 792 g/mol. The summed E-state index contributed by atoms with van der Waals surface area (Å²) in [6.07, 6.45) is 4.02. The standard InChI is InChI=1S/C36H49F2N9O2.C2HF3O2/c1-39-27-20-32(43-47-29(21-41-33(27)47)34(48)42-26-6-7-30(26)49-2)46-17-8-25-24(4-3-5-28(25)46)22-44-16-9-31(36(37,38)23-44)45-18-12-35(13-19-45)10-14-40-15-11-35;3-2(4,5)1(6)7/h3-5,20-21,26,30-31,39-40H,6-19,22-23H2,1-2H3,(H,42,48);(H,6,7)/t26-,30-,31?;/m1./s1. The number of fused-ring (bicyclic) bond motifs is 2. The second-order valence-electron chi connectivity index (χ2n) is 15.7. The molecule has 13 nitrogen and oxygen atoms in total. The number of benzene rings is 1. The van der Waals surface area contributed by atoms with E-state index in [0.29, 0.717) is 48.6 Å². The minimum Gasteiger partial charge on any atom is -0.475 e. The van der Waals surface area contributed by atoms with E-state index >= 15 is 8.78 Å². The molecule has 4 N–H and O–H groups in total. The van der Waals surface area contributed by atoms with Crippen molar-refractivity contribution < 1.29 is 41.4 Å². The molecular weight excluding hydrogens is 741 g/mol. The number of hydrogen-bond donors (Lipinski definition) is 4. The van der Waals surface area contributed by atoms with Crippen LogP contribution in [0.3, 0.4) is 0 Å². The zero-order valence-corrected chi connectivity index (χ0v) is 31.7. The van der Waals surface area contributed by atoms with Gasteiger partial charge in [0.25, 0.3) is 11.8 Å². The summed E-state index contributed by atoms with van der Waals surface area (Å²) in [7, 11) is 3.50. The second kappa shape index (κ2) is 16.0. The number of methoxy groups -OCH3 is 1. The Hall–Kier alpha value is -4.13. The van der Waals surface area contributed by atoms with E-state index < -0.39 is 24.1 Å². The van der Waals surface area contributed by atoms with Crippen LogP contribution >= 0.6 is 0 Å². The predicted molar refractivity (Wildman–Crippen MR) is 199 cm³/mol. The Morgan fingerprint density at radius 2 is 1.79 bits per heavy atom. The van der Waals surface area contributed by atoms with Crippen LogP contribution in [0.2, 0.25) is 0 Å². The van der Waals surface area contributed by atoms with Gasteiger partial charge in [0, 0.05) is 45.5 Å². The molecule has 1 unspecified atom stereocenters. The predicted octanol–water partition coefficient (Wildman–Crippen LogP) is 4.68. The molecule has 8 rings (SSSR count). The molecule has 3 atom stereocenters. The molecule has 3 aromatic rings. The lowest BCUT2D eigenvalue weighted by Gasteiger charge is -2.50. The number of anilines is 3. The molecule has 0 bridgehead atoms. The van der Waals surface area contributed by atoms with Crippen LogP contribution in [0.4, 0.5) is 39.1 Å². The average Bonchev–Trinajstić information content (AvgIpc) is 3.79. The van der Waals surface area contributed by atoms with Gasteiger partial charge in [-0.1, -0.05) is 12.1 Å². The monoisotopic (exact) mass is 791 g/mol. The van der Waals surface area contributed by atoms with Crippen molar-refractivity contribution in [3.63, 3.8) is 0 Å². The Morgan fingerprint density at radius 1 is 1.05 bits per heavy atom. The summed E-state index contributed by atoms with van der Waals surface area (Å²) in [5.41, 5.74) is 5.33. The number of aromatic nitrogens is 3. The smallest absolute Gasteiger partial charge is 0.475 e. The zero-order valence-electron chi connectivity index (χ0n) is 31.7. The first kappa shape index (κ1) is 40.1.